The van der Waals surface area contributed by atoms with Gasteiger partial charge in [-0.3, -0.25) is 4.99 Å². The molecule has 0 atom stereocenters. The van der Waals surface area contributed by atoms with E-state index in [2.05, 4.69) is 21.7 Å². The molecule has 0 amide bonds. The summed E-state index contributed by atoms with van der Waals surface area (Å²) in [6, 6.07) is 6.06. The van der Waals surface area contributed by atoms with E-state index in [1.165, 1.54) is 12.8 Å². The molecule has 0 radical (unpaired) electrons. The molecule has 146 valence electrons. The van der Waals surface area contributed by atoms with Crippen LogP contribution in [0.5, 0.6) is 11.5 Å². The number of hydrogen-bond donors (Lipinski definition) is 2. The molecule has 2 rings (SSSR count). The summed E-state index contributed by atoms with van der Waals surface area (Å²) in [7, 11) is 5.15. The Bertz CT molecular complexity index is 596. The van der Waals surface area contributed by atoms with Crippen LogP contribution in [0, 0.1) is 0 Å². The molecule has 1 aliphatic carbocycles. The number of nitrogens with zero attached hydrogens (tertiary/aromatic N) is 1. The molecular weight excluding hydrogens is 330 g/mol. The van der Waals surface area contributed by atoms with Gasteiger partial charge in [0.1, 0.15) is 0 Å². The average molecular weight is 364 g/mol. The van der Waals surface area contributed by atoms with Crippen molar-refractivity contribution < 1.29 is 14.2 Å². The monoisotopic (exact) mass is 363 g/mol. The summed E-state index contributed by atoms with van der Waals surface area (Å²) in [5, 5.41) is 6.61. The second-order valence-electron chi connectivity index (χ2n) is 7.25. The van der Waals surface area contributed by atoms with E-state index < -0.39 is 0 Å². The summed E-state index contributed by atoms with van der Waals surface area (Å²) in [5.41, 5.74) is 0.868. The molecule has 1 fully saturated rings. The maximum atomic E-state index is 6.16. The van der Waals surface area contributed by atoms with Crippen molar-refractivity contribution in [2.24, 2.45) is 4.99 Å². The Morgan fingerprint density at radius 3 is 2.50 bits per heavy atom. The van der Waals surface area contributed by atoms with Crippen molar-refractivity contribution in [2.45, 2.75) is 57.8 Å². The number of benzene rings is 1. The first-order valence-corrected chi connectivity index (χ1v) is 9.30. The molecule has 1 aromatic rings. The first kappa shape index (κ1) is 20.4. The molecule has 0 unspecified atom stereocenters. The van der Waals surface area contributed by atoms with Gasteiger partial charge in [0.15, 0.2) is 17.5 Å². The van der Waals surface area contributed by atoms with E-state index in [4.69, 9.17) is 14.2 Å². The van der Waals surface area contributed by atoms with E-state index in [-0.39, 0.29) is 5.60 Å². The van der Waals surface area contributed by atoms with E-state index in [1.54, 1.807) is 21.3 Å². The van der Waals surface area contributed by atoms with Crippen molar-refractivity contribution in [2.75, 3.05) is 27.8 Å². The number of methoxy groups -OCH3 is 2. The highest BCUT2D eigenvalue weighted by Crippen LogP contribution is 2.32. The first-order chi connectivity index (χ1) is 12.5. The van der Waals surface area contributed by atoms with E-state index >= 15 is 0 Å². The zero-order valence-electron chi connectivity index (χ0n) is 16.7. The van der Waals surface area contributed by atoms with E-state index in [9.17, 15) is 0 Å². The minimum absolute atomic E-state index is 0.250. The van der Waals surface area contributed by atoms with Crippen LogP contribution in [0.2, 0.25) is 0 Å². The van der Waals surface area contributed by atoms with Gasteiger partial charge in [0, 0.05) is 27.2 Å². The molecule has 0 bridgehead atoms. The summed E-state index contributed by atoms with van der Waals surface area (Å²) in [5.74, 6) is 2.34. The van der Waals surface area contributed by atoms with Crippen LogP contribution in [0.15, 0.2) is 23.2 Å². The van der Waals surface area contributed by atoms with E-state index in [0.29, 0.717) is 19.2 Å². The first-order valence-electron chi connectivity index (χ1n) is 9.30. The minimum atomic E-state index is -0.250. The molecular formula is C20H33N3O3. The van der Waals surface area contributed by atoms with Gasteiger partial charge >= 0.3 is 0 Å². The Morgan fingerprint density at radius 2 is 1.88 bits per heavy atom. The lowest BCUT2D eigenvalue weighted by Crippen LogP contribution is -2.45. The molecule has 0 heterocycles. The fraction of sp³-hybridized carbons (Fsp3) is 0.650. The molecule has 2 N–H and O–H groups in total. The van der Waals surface area contributed by atoms with Gasteiger partial charge in [-0.2, -0.15) is 0 Å². The largest absolute Gasteiger partial charge is 0.493 e. The predicted octanol–water partition coefficient (Wildman–Crippen LogP) is 3.11. The van der Waals surface area contributed by atoms with Crippen LogP contribution >= 0.6 is 0 Å². The summed E-state index contributed by atoms with van der Waals surface area (Å²) in [6.45, 7) is 5.38. The number of aliphatic imine (C=N–C) groups is 1. The Labute approximate surface area is 157 Å². The maximum Gasteiger partial charge on any atom is 0.191 e. The third-order valence-electron chi connectivity index (χ3n) is 4.74. The lowest BCUT2D eigenvalue weighted by atomic mass is 10.1. The number of guanidine groups is 1. The van der Waals surface area contributed by atoms with Gasteiger partial charge in [0.2, 0.25) is 0 Å². The van der Waals surface area contributed by atoms with Crippen molar-refractivity contribution in [3.05, 3.63) is 23.8 Å². The predicted molar refractivity (Wildman–Crippen MR) is 105 cm³/mol. The fourth-order valence-electron chi connectivity index (χ4n) is 2.88. The van der Waals surface area contributed by atoms with Crippen LogP contribution in [0.4, 0.5) is 0 Å². The van der Waals surface area contributed by atoms with Crippen molar-refractivity contribution in [3.63, 3.8) is 0 Å². The third-order valence-corrected chi connectivity index (χ3v) is 4.74. The highest BCUT2D eigenvalue weighted by atomic mass is 16.5. The standard InChI is InChI=1S/C20H33N3O3/c1-20(2,25-5)14-23-19(21-3)22-13-15-10-11-17(24-4)18(12-15)26-16-8-6-7-9-16/h10-12,16H,6-9,13-14H2,1-5H3,(H2,21,22,23). The molecule has 6 heteroatoms. The van der Waals surface area contributed by atoms with Gasteiger partial charge in [-0.1, -0.05) is 6.07 Å². The summed E-state index contributed by atoms with van der Waals surface area (Å²) < 4.78 is 17.0. The maximum absolute atomic E-state index is 6.16. The summed E-state index contributed by atoms with van der Waals surface area (Å²) >= 11 is 0. The Hall–Kier alpha value is -1.95. The van der Waals surface area contributed by atoms with Gasteiger partial charge in [-0.15, -0.1) is 0 Å². The quantitative estimate of drug-likeness (QED) is 0.549. The van der Waals surface area contributed by atoms with Crippen LogP contribution in [0.3, 0.4) is 0 Å². The number of rotatable bonds is 8. The van der Waals surface area contributed by atoms with Crippen molar-refractivity contribution >= 4 is 5.96 Å². The SMILES string of the molecule is CN=C(NCc1ccc(OC)c(OC2CCCC2)c1)NCC(C)(C)OC. The molecule has 26 heavy (non-hydrogen) atoms. The Kier molecular flexibility index (Phi) is 7.57. The Balaban J connectivity index is 1.95. The van der Waals surface area contributed by atoms with Crippen LogP contribution in [-0.2, 0) is 11.3 Å². The number of hydrogen-bond acceptors (Lipinski definition) is 4. The molecule has 6 nitrogen and oxygen atoms in total. The summed E-state index contributed by atoms with van der Waals surface area (Å²) in [4.78, 5) is 4.26. The third kappa shape index (κ3) is 6.09. The normalized spacial score (nSPS) is 15.8. The van der Waals surface area contributed by atoms with E-state index in [0.717, 1.165) is 35.9 Å². The van der Waals surface area contributed by atoms with Crippen LogP contribution in [-0.4, -0.2) is 45.5 Å². The lowest BCUT2D eigenvalue weighted by molar-refractivity contribution is 0.0268. The van der Waals surface area contributed by atoms with Crippen molar-refractivity contribution in [1.82, 2.24) is 10.6 Å². The van der Waals surface area contributed by atoms with Crippen molar-refractivity contribution in [1.29, 1.82) is 0 Å². The van der Waals surface area contributed by atoms with Gasteiger partial charge in [0.25, 0.3) is 0 Å². The van der Waals surface area contributed by atoms with Gasteiger partial charge in [0.05, 0.1) is 18.8 Å². The fourth-order valence-corrected chi connectivity index (χ4v) is 2.88. The van der Waals surface area contributed by atoms with Crippen LogP contribution in [0.25, 0.3) is 0 Å². The summed E-state index contributed by atoms with van der Waals surface area (Å²) in [6.07, 6.45) is 5.04. The van der Waals surface area contributed by atoms with Gasteiger partial charge in [-0.05, 0) is 57.2 Å². The smallest absolute Gasteiger partial charge is 0.191 e. The van der Waals surface area contributed by atoms with Crippen LogP contribution in [0.1, 0.15) is 45.1 Å². The minimum Gasteiger partial charge on any atom is -0.493 e. The molecule has 1 aliphatic rings. The van der Waals surface area contributed by atoms with Crippen molar-refractivity contribution in [3.8, 4) is 11.5 Å². The topological polar surface area (TPSA) is 64.1 Å². The molecule has 0 aliphatic heterocycles. The lowest BCUT2D eigenvalue weighted by Gasteiger charge is -2.24. The van der Waals surface area contributed by atoms with Crippen LogP contribution < -0.4 is 20.1 Å². The van der Waals surface area contributed by atoms with Gasteiger partial charge in [-0.25, -0.2) is 0 Å². The Morgan fingerprint density at radius 1 is 1.15 bits per heavy atom. The molecule has 0 spiro atoms. The van der Waals surface area contributed by atoms with Gasteiger partial charge < -0.3 is 24.8 Å². The number of nitrogens with one attached hydrogen (secondary N) is 2. The van der Waals surface area contributed by atoms with E-state index in [1.807, 2.05) is 26.0 Å². The molecule has 1 saturated carbocycles. The zero-order valence-corrected chi connectivity index (χ0v) is 16.7. The average Bonchev–Trinajstić information content (AvgIpc) is 3.15. The zero-order chi connectivity index (χ0) is 19.0. The highest BCUT2D eigenvalue weighted by Gasteiger charge is 2.19. The molecule has 0 saturated heterocycles. The molecule has 0 aromatic heterocycles. The second-order valence-corrected chi connectivity index (χ2v) is 7.25. The highest BCUT2D eigenvalue weighted by molar-refractivity contribution is 5.79. The second kappa shape index (κ2) is 9.67. The molecule has 1 aromatic carbocycles. The number of ether oxygens (including phenoxy) is 3.